The van der Waals surface area contributed by atoms with Crippen LogP contribution < -0.4 is 0 Å². The maximum Gasteiger partial charge on any atom is 0.199 e. The number of fused-ring (bicyclic) bond motifs is 1. The summed E-state index contributed by atoms with van der Waals surface area (Å²) < 4.78 is 0.836. The number of rotatable bonds is 5. The lowest BCUT2D eigenvalue weighted by atomic mass is 10.0. The van der Waals surface area contributed by atoms with Crippen molar-refractivity contribution in [2.75, 3.05) is 0 Å². The average molecular weight is 411 g/mol. The zero-order valence-electron chi connectivity index (χ0n) is 13.5. The number of phenolic OH excluding ortho intramolecular Hbond substituents is 1. The van der Waals surface area contributed by atoms with E-state index in [1.54, 1.807) is 12.1 Å². The van der Waals surface area contributed by atoms with Gasteiger partial charge in [-0.05, 0) is 36.4 Å². The lowest BCUT2D eigenvalue weighted by Crippen LogP contribution is -2.04. The van der Waals surface area contributed by atoms with E-state index in [0.29, 0.717) is 16.8 Å². The van der Waals surface area contributed by atoms with Crippen LogP contribution in [0.25, 0.3) is 10.9 Å². The standard InChI is InChI=1S/C19H15BrN4O2/c20-12-4-5-16-15(9-12)17(19(26)24-16)18(23-13(10-22)6-7-21)11-2-1-3-14(25)8-11/h1-10,21-22,24-26H/b13-6+,21-7?,22-10?,23-18?. The van der Waals surface area contributed by atoms with Crippen LogP contribution in [0, 0.1) is 10.8 Å². The van der Waals surface area contributed by atoms with Gasteiger partial charge in [-0.1, -0.05) is 28.1 Å². The highest BCUT2D eigenvalue weighted by Crippen LogP contribution is 2.32. The minimum absolute atomic E-state index is 0.0585. The van der Waals surface area contributed by atoms with Gasteiger partial charge >= 0.3 is 0 Å². The average Bonchev–Trinajstić information content (AvgIpc) is 2.93. The van der Waals surface area contributed by atoms with E-state index in [2.05, 4.69) is 25.9 Å². The molecule has 6 nitrogen and oxygen atoms in total. The van der Waals surface area contributed by atoms with Crippen molar-refractivity contribution < 1.29 is 10.2 Å². The number of halogens is 1. The summed E-state index contributed by atoms with van der Waals surface area (Å²) in [6, 6.07) is 12.0. The highest BCUT2D eigenvalue weighted by molar-refractivity contribution is 9.10. The second kappa shape index (κ2) is 7.37. The number of hydrogen-bond acceptors (Lipinski definition) is 5. The quantitative estimate of drug-likeness (QED) is 0.401. The van der Waals surface area contributed by atoms with Crippen LogP contribution in [0.5, 0.6) is 11.6 Å². The number of aliphatic imine (C=N–C) groups is 1. The van der Waals surface area contributed by atoms with Crippen molar-refractivity contribution >= 4 is 45.0 Å². The first-order valence-electron chi connectivity index (χ1n) is 7.63. The van der Waals surface area contributed by atoms with Gasteiger partial charge in [-0.3, -0.25) is 0 Å². The molecule has 0 saturated carbocycles. The zero-order valence-corrected chi connectivity index (χ0v) is 15.1. The molecule has 3 aromatic rings. The summed E-state index contributed by atoms with van der Waals surface area (Å²) in [5, 5.41) is 35.8. The van der Waals surface area contributed by atoms with E-state index in [9.17, 15) is 10.2 Å². The van der Waals surface area contributed by atoms with Gasteiger partial charge in [-0.2, -0.15) is 0 Å². The molecule has 0 unspecified atom stereocenters. The third-order valence-electron chi connectivity index (χ3n) is 3.74. The molecule has 5 N–H and O–H groups in total. The maximum absolute atomic E-state index is 10.5. The molecule has 1 heterocycles. The molecule has 0 aliphatic rings. The van der Waals surface area contributed by atoms with Gasteiger partial charge in [0, 0.05) is 33.4 Å². The van der Waals surface area contributed by atoms with E-state index in [-0.39, 0.29) is 17.3 Å². The molecule has 0 aliphatic carbocycles. The minimum atomic E-state index is -0.0700. The Morgan fingerprint density at radius 3 is 2.62 bits per heavy atom. The van der Waals surface area contributed by atoms with Crippen molar-refractivity contribution in [2.45, 2.75) is 0 Å². The van der Waals surface area contributed by atoms with Crippen molar-refractivity contribution in [3.8, 4) is 11.6 Å². The van der Waals surface area contributed by atoms with Gasteiger partial charge < -0.3 is 26.0 Å². The number of aromatic amines is 1. The fourth-order valence-electron chi connectivity index (χ4n) is 2.64. The molecule has 130 valence electrons. The molecule has 26 heavy (non-hydrogen) atoms. The van der Waals surface area contributed by atoms with Crippen molar-refractivity contribution in [1.29, 1.82) is 10.8 Å². The lowest BCUT2D eigenvalue weighted by molar-refractivity contribution is 0.457. The molecule has 0 fully saturated rings. The predicted octanol–water partition coefficient (Wildman–Crippen LogP) is 4.36. The van der Waals surface area contributed by atoms with Crippen molar-refractivity contribution in [3.05, 3.63) is 69.8 Å². The van der Waals surface area contributed by atoms with E-state index >= 15 is 0 Å². The number of phenols is 1. The summed E-state index contributed by atoms with van der Waals surface area (Å²) in [6.07, 6.45) is 3.43. The van der Waals surface area contributed by atoms with Crippen LogP contribution >= 0.6 is 15.9 Å². The Morgan fingerprint density at radius 1 is 1.12 bits per heavy atom. The van der Waals surface area contributed by atoms with Crippen LogP contribution in [-0.4, -0.2) is 33.3 Å². The number of H-pyrrole nitrogens is 1. The van der Waals surface area contributed by atoms with Gasteiger partial charge in [0.05, 0.1) is 17.0 Å². The second-order valence-electron chi connectivity index (χ2n) is 5.45. The Morgan fingerprint density at radius 2 is 1.92 bits per heavy atom. The largest absolute Gasteiger partial charge is 0.508 e. The molecular formula is C19H15BrN4O2. The number of nitrogens with zero attached hydrogens (tertiary/aromatic N) is 1. The van der Waals surface area contributed by atoms with Gasteiger partial charge in [-0.15, -0.1) is 0 Å². The molecular weight excluding hydrogens is 396 g/mol. The monoisotopic (exact) mass is 410 g/mol. The van der Waals surface area contributed by atoms with E-state index in [1.165, 1.54) is 18.2 Å². The number of nitrogens with one attached hydrogen (secondary N) is 3. The number of aromatic nitrogens is 1. The van der Waals surface area contributed by atoms with Gasteiger partial charge in [0.15, 0.2) is 5.88 Å². The molecule has 1 aromatic heterocycles. The third kappa shape index (κ3) is 3.43. The van der Waals surface area contributed by atoms with Crippen LogP contribution in [0.4, 0.5) is 0 Å². The molecule has 0 bridgehead atoms. The normalized spacial score (nSPS) is 12.3. The topological polar surface area (TPSA) is 116 Å². The summed E-state index contributed by atoms with van der Waals surface area (Å²) in [4.78, 5) is 7.37. The highest BCUT2D eigenvalue weighted by atomic mass is 79.9. The van der Waals surface area contributed by atoms with Crippen LogP contribution in [0.2, 0.25) is 0 Å². The molecule has 0 atom stereocenters. The van der Waals surface area contributed by atoms with Crippen LogP contribution in [0.1, 0.15) is 11.1 Å². The minimum Gasteiger partial charge on any atom is -0.508 e. The molecule has 0 amide bonds. The van der Waals surface area contributed by atoms with Gasteiger partial charge in [0.25, 0.3) is 0 Å². The fourth-order valence-corrected chi connectivity index (χ4v) is 3.00. The highest BCUT2D eigenvalue weighted by Gasteiger charge is 2.19. The van der Waals surface area contributed by atoms with Gasteiger partial charge in [-0.25, -0.2) is 4.99 Å². The van der Waals surface area contributed by atoms with Crippen molar-refractivity contribution in [1.82, 2.24) is 4.98 Å². The molecule has 0 radical (unpaired) electrons. The number of allylic oxidation sites excluding steroid dienone is 2. The van der Waals surface area contributed by atoms with Crippen LogP contribution in [0.15, 0.2) is 63.7 Å². The Hall–Kier alpha value is -3.19. The van der Waals surface area contributed by atoms with Crippen molar-refractivity contribution in [3.63, 3.8) is 0 Å². The molecule has 0 saturated heterocycles. The Kier molecular flexibility index (Phi) is 4.99. The Bertz CT molecular complexity index is 1070. The summed E-state index contributed by atoms with van der Waals surface area (Å²) in [5.74, 6) is -0.0116. The maximum atomic E-state index is 10.5. The number of hydrogen-bond donors (Lipinski definition) is 5. The number of aromatic hydroxyl groups is 2. The second-order valence-corrected chi connectivity index (χ2v) is 6.37. The molecule has 7 heteroatoms. The zero-order chi connectivity index (χ0) is 18.7. The third-order valence-corrected chi connectivity index (χ3v) is 4.23. The van der Waals surface area contributed by atoms with Crippen LogP contribution in [-0.2, 0) is 0 Å². The van der Waals surface area contributed by atoms with Gasteiger partial charge in [0.2, 0.25) is 0 Å². The Labute approximate surface area is 157 Å². The predicted molar refractivity (Wildman–Crippen MR) is 107 cm³/mol. The van der Waals surface area contributed by atoms with E-state index < -0.39 is 0 Å². The first-order chi connectivity index (χ1) is 12.5. The summed E-state index contributed by atoms with van der Waals surface area (Å²) in [6.45, 7) is 0. The van der Waals surface area contributed by atoms with E-state index in [0.717, 1.165) is 27.8 Å². The summed E-state index contributed by atoms with van der Waals surface area (Å²) >= 11 is 3.43. The molecule has 2 aromatic carbocycles. The van der Waals surface area contributed by atoms with Gasteiger partial charge in [0.1, 0.15) is 5.75 Å². The summed E-state index contributed by atoms with van der Waals surface area (Å²) in [7, 11) is 0. The summed E-state index contributed by atoms with van der Waals surface area (Å²) in [5.41, 5.74) is 2.35. The fraction of sp³-hybridized carbons (Fsp3) is 0. The van der Waals surface area contributed by atoms with E-state index in [1.807, 2.05) is 18.2 Å². The molecule has 0 spiro atoms. The SMILES string of the molecule is N=C/C=C(\C=N)N=C(c1cccc(O)c1)c1c(O)[nH]c2ccc(Br)cc12. The first-order valence-corrected chi connectivity index (χ1v) is 8.42. The van der Waals surface area contributed by atoms with Crippen molar-refractivity contribution in [2.24, 2.45) is 4.99 Å². The lowest BCUT2D eigenvalue weighted by Gasteiger charge is -2.08. The Balaban J connectivity index is 2.35. The van der Waals surface area contributed by atoms with Crippen LogP contribution in [0.3, 0.4) is 0 Å². The molecule has 0 aliphatic heterocycles. The smallest absolute Gasteiger partial charge is 0.199 e. The van der Waals surface area contributed by atoms with E-state index in [4.69, 9.17) is 10.8 Å². The molecule has 3 rings (SSSR count). The first kappa shape index (κ1) is 17.6. The number of benzene rings is 2.